The van der Waals surface area contributed by atoms with Crippen molar-refractivity contribution >= 4 is 17.6 Å². The molecule has 1 aliphatic rings. The van der Waals surface area contributed by atoms with Crippen molar-refractivity contribution in [2.45, 2.75) is 32.6 Å². The van der Waals surface area contributed by atoms with Crippen molar-refractivity contribution in [3.63, 3.8) is 0 Å². The molecule has 0 bridgehead atoms. The zero-order valence-corrected chi connectivity index (χ0v) is 14.6. The number of nitrogens with one attached hydrogen (secondary N) is 1. The number of nitrogens with zero attached hydrogens (tertiary/aromatic N) is 3. The highest BCUT2D eigenvalue weighted by atomic mass is 16.5. The van der Waals surface area contributed by atoms with Gasteiger partial charge in [0.2, 0.25) is 5.91 Å². The summed E-state index contributed by atoms with van der Waals surface area (Å²) in [6, 6.07) is 7.09. The summed E-state index contributed by atoms with van der Waals surface area (Å²) in [5.41, 5.74) is 0.778. The molecule has 1 aliphatic carbocycles. The van der Waals surface area contributed by atoms with E-state index < -0.39 is 5.97 Å². The SMILES string of the molecule is CCOCCC1(C(=O)Nc2cccc(-n3cc(C(=O)O)nn3)c2)CCC1. The quantitative estimate of drug-likeness (QED) is 0.702. The van der Waals surface area contributed by atoms with Crippen LogP contribution in [0.2, 0.25) is 0 Å². The molecule has 0 unspecified atom stereocenters. The second-order valence-electron chi connectivity index (χ2n) is 6.44. The van der Waals surface area contributed by atoms with E-state index in [1.807, 2.05) is 6.92 Å². The van der Waals surface area contributed by atoms with E-state index in [-0.39, 0.29) is 17.0 Å². The standard InChI is InChI=1S/C18H22N4O4/c1-2-26-10-9-18(7-4-8-18)17(25)19-13-5-3-6-14(11-13)22-12-15(16(23)24)20-21-22/h3,5-6,11-12H,2,4,7-10H2,1H3,(H,19,25)(H,23,24). The Balaban J connectivity index is 1.71. The molecule has 1 aromatic carbocycles. The highest BCUT2D eigenvalue weighted by Gasteiger charge is 2.43. The fourth-order valence-corrected chi connectivity index (χ4v) is 3.08. The molecule has 3 rings (SSSR count). The summed E-state index contributed by atoms with van der Waals surface area (Å²) >= 11 is 0. The number of rotatable bonds is 8. The lowest BCUT2D eigenvalue weighted by Crippen LogP contribution is -2.42. The maximum absolute atomic E-state index is 12.8. The Morgan fingerprint density at radius 2 is 2.19 bits per heavy atom. The maximum Gasteiger partial charge on any atom is 0.358 e. The van der Waals surface area contributed by atoms with Gasteiger partial charge in [0.25, 0.3) is 0 Å². The zero-order valence-electron chi connectivity index (χ0n) is 14.6. The van der Waals surface area contributed by atoms with Crippen molar-refractivity contribution in [2.24, 2.45) is 5.41 Å². The van der Waals surface area contributed by atoms with Gasteiger partial charge in [-0.3, -0.25) is 4.79 Å². The molecular formula is C18H22N4O4. The van der Waals surface area contributed by atoms with Crippen molar-refractivity contribution in [1.82, 2.24) is 15.0 Å². The molecule has 8 heteroatoms. The summed E-state index contributed by atoms with van der Waals surface area (Å²) in [4.78, 5) is 23.7. The molecule has 1 amide bonds. The number of carboxylic acids is 1. The summed E-state index contributed by atoms with van der Waals surface area (Å²) in [7, 11) is 0. The van der Waals surface area contributed by atoms with Gasteiger partial charge in [-0.1, -0.05) is 17.7 Å². The van der Waals surface area contributed by atoms with Gasteiger partial charge < -0.3 is 15.2 Å². The predicted molar refractivity (Wildman–Crippen MR) is 94.3 cm³/mol. The van der Waals surface area contributed by atoms with Gasteiger partial charge in [-0.2, -0.15) is 0 Å². The topological polar surface area (TPSA) is 106 Å². The van der Waals surface area contributed by atoms with E-state index in [1.54, 1.807) is 24.3 Å². The van der Waals surface area contributed by atoms with E-state index in [1.165, 1.54) is 10.9 Å². The minimum absolute atomic E-state index is 0.00502. The number of hydrogen-bond acceptors (Lipinski definition) is 5. The molecule has 0 atom stereocenters. The summed E-state index contributed by atoms with van der Waals surface area (Å²) in [6.45, 7) is 3.18. The highest BCUT2D eigenvalue weighted by molar-refractivity contribution is 5.96. The summed E-state index contributed by atoms with van der Waals surface area (Å²) < 4.78 is 6.79. The second-order valence-corrected chi connectivity index (χ2v) is 6.44. The van der Waals surface area contributed by atoms with Gasteiger partial charge in [0.05, 0.1) is 17.3 Å². The molecule has 26 heavy (non-hydrogen) atoms. The molecular weight excluding hydrogens is 336 g/mol. The fraction of sp³-hybridized carbons (Fsp3) is 0.444. The van der Waals surface area contributed by atoms with E-state index in [0.29, 0.717) is 24.6 Å². The average molecular weight is 358 g/mol. The molecule has 8 nitrogen and oxygen atoms in total. The number of carboxylic acid groups (broad SMARTS) is 1. The van der Waals surface area contributed by atoms with Crippen LogP contribution >= 0.6 is 0 Å². The summed E-state index contributed by atoms with van der Waals surface area (Å²) in [5, 5.41) is 19.3. The van der Waals surface area contributed by atoms with Gasteiger partial charge in [-0.25, -0.2) is 9.48 Å². The van der Waals surface area contributed by atoms with Crippen LogP contribution in [0.5, 0.6) is 0 Å². The first-order valence-electron chi connectivity index (χ1n) is 8.69. The Morgan fingerprint density at radius 3 is 2.81 bits per heavy atom. The molecule has 1 saturated carbocycles. The van der Waals surface area contributed by atoms with Crippen LogP contribution < -0.4 is 5.32 Å². The Morgan fingerprint density at radius 1 is 1.38 bits per heavy atom. The summed E-state index contributed by atoms with van der Waals surface area (Å²) in [5.74, 6) is -1.13. The Kier molecular flexibility index (Phi) is 5.32. The largest absolute Gasteiger partial charge is 0.476 e. The van der Waals surface area contributed by atoms with Crippen LogP contribution in [0.1, 0.15) is 43.1 Å². The van der Waals surface area contributed by atoms with Gasteiger partial charge >= 0.3 is 5.97 Å². The molecule has 138 valence electrons. The van der Waals surface area contributed by atoms with Crippen molar-refractivity contribution in [1.29, 1.82) is 0 Å². The van der Waals surface area contributed by atoms with E-state index in [0.717, 1.165) is 25.7 Å². The number of carbonyl (C=O) groups is 2. The van der Waals surface area contributed by atoms with Crippen LogP contribution in [-0.4, -0.2) is 45.2 Å². The molecule has 0 spiro atoms. The van der Waals surface area contributed by atoms with E-state index in [2.05, 4.69) is 15.6 Å². The second kappa shape index (κ2) is 7.65. The van der Waals surface area contributed by atoms with Crippen LogP contribution in [0.25, 0.3) is 5.69 Å². The zero-order chi connectivity index (χ0) is 18.6. The van der Waals surface area contributed by atoms with Crippen molar-refractivity contribution in [2.75, 3.05) is 18.5 Å². The van der Waals surface area contributed by atoms with Crippen LogP contribution in [0.15, 0.2) is 30.5 Å². The first-order valence-corrected chi connectivity index (χ1v) is 8.69. The van der Waals surface area contributed by atoms with Crippen molar-refractivity contribution in [3.8, 4) is 5.69 Å². The lowest BCUT2D eigenvalue weighted by Gasteiger charge is -2.40. The Labute approximate surface area is 151 Å². The number of aromatic nitrogens is 3. The van der Waals surface area contributed by atoms with Crippen molar-refractivity contribution < 1.29 is 19.4 Å². The third-order valence-electron chi connectivity index (χ3n) is 4.80. The van der Waals surface area contributed by atoms with Gasteiger partial charge in [0.15, 0.2) is 5.69 Å². The first kappa shape index (κ1) is 18.1. The summed E-state index contributed by atoms with van der Waals surface area (Å²) in [6.07, 6.45) is 4.85. The fourth-order valence-electron chi connectivity index (χ4n) is 3.08. The highest BCUT2D eigenvalue weighted by Crippen LogP contribution is 2.44. The van der Waals surface area contributed by atoms with Crippen LogP contribution in [0, 0.1) is 5.41 Å². The molecule has 0 aliphatic heterocycles. The molecule has 1 fully saturated rings. The molecule has 1 aromatic heterocycles. The monoisotopic (exact) mass is 358 g/mol. The lowest BCUT2D eigenvalue weighted by molar-refractivity contribution is -0.132. The van der Waals surface area contributed by atoms with Crippen molar-refractivity contribution in [3.05, 3.63) is 36.2 Å². The number of amides is 1. The number of carbonyl (C=O) groups excluding carboxylic acids is 1. The molecule has 0 radical (unpaired) electrons. The lowest BCUT2D eigenvalue weighted by atomic mass is 9.66. The smallest absolute Gasteiger partial charge is 0.358 e. The van der Waals surface area contributed by atoms with Crippen LogP contribution in [0.3, 0.4) is 0 Å². The van der Waals surface area contributed by atoms with E-state index in [4.69, 9.17) is 9.84 Å². The molecule has 1 heterocycles. The normalized spacial score (nSPS) is 15.3. The maximum atomic E-state index is 12.8. The van der Waals surface area contributed by atoms with Crippen LogP contribution in [-0.2, 0) is 9.53 Å². The van der Waals surface area contributed by atoms with Gasteiger partial charge in [0, 0.05) is 18.9 Å². The number of anilines is 1. The average Bonchev–Trinajstić information content (AvgIpc) is 3.08. The predicted octanol–water partition coefficient (Wildman–Crippen LogP) is 2.50. The molecule has 2 aromatic rings. The minimum Gasteiger partial charge on any atom is -0.476 e. The van der Waals surface area contributed by atoms with Crippen LogP contribution in [0.4, 0.5) is 5.69 Å². The molecule has 0 saturated heterocycles. The Bertz CT molecular complexity index is 798. The number of benzene rings is 1. The molecule has 2 N–H and O–H groups in total. The Hall–Kier alpha value is -2.74. The van der Waals surface area contributed by atoms with E-state index >= 15 is 0 Å². The number of aromatic carboxylic acids is 1. The number of hydrogen-bond donors (Lipinski definition) is 2. The van der Waals surface area contributed by atoms with Gasteiger partial charge in [-0.05, 0) is 44.4 Å². The third kappa shape index (κ3) is 3.75. The van der Waals surface area contributed by atoms with Gasteiger partial charge in [0.1, 0.15) is 0 Å². The van der Waals surface area contributed by atoms with Gasteiger partial charge in [-0.15, -0.1) is 5.10 Å². The number of ether oxygens (including phenoxy) is 1. The third-order valence-corrected chi connectivity index (χ3v) is 4.80. The minimum atomic E-state index is -1.14. The first-order chi connectivity index (χ1) is 12.5. The van der Waals surface area contributed by atoms with E-state index in [9.17, 15) is 9.59 Å².